The Labute approximate surface area is 92.4 Å². The van der Waals surface area contributed by atoms with Gasteiger partial charge in [0.2, 0.25) is 0 Å². The van der Waals surface area contributed by atoms with E-state index in [-0.39, 0.29) is 0 Å². The van der Waals surface area contributed by atoms with Crippen molar-refractivity contribution in [1.29, 1.82) is 0 Å². The Bertz CT molecular complexity index is 288. The van der Waals surface area contributed by atoms with Crippen LogP contribution in [0.3, 0.4) is 0 Å². The lowest BCUT2D eigenvalue weighted by atomic mass is 10.1. The fourth-order valence-corrected chi connectivity index (χ4v) is 2.44. The number of rotatable bonds is 3. The second-order valence-corrected chi connectivity index (χ2v) is 4.66. The van der Waals surface area contributed by atoms with Gasteiger partial charge in [-0.25, -0.2) is 0 Å². The number of hydrogen-bond donors (Lipinski definition) is 1. The van der Waals surface area contributed by atoms with Crippen LogP contribution in [0.15, 0.2) is 27.6 Å². The van der Waals surface area contributed by atoms with Gasteiger partial charge in [-0.3, -0.25) is 0 Å². The largest absolute Gasteiger partial charge is 0.313 e. The lowest BCUT2D eigenvalue weighted by Gasteiger charge is -2.14. The first-order valence-corrected chi connectivity index (χ1v) is 6.21. The van der Waals surface area contributed by atoms with Gasteiger partial charge >= 0.3 is 0 Å². The third-order valence-corrected chi connectivity index (χ3v) is 3.38. The van der Waals surface area contributed by atoms with Gasteiger partial charge in [0, 0.05) is 15.4 Å². The molecule has 0 spiro atoms. The average Bonchev–Trinajstić information content (AvgIpc) is 2.16. The lowest BCUT2D eigenvalue weighted by Crippen LogP contribution is -2.13. The van der Waals surface area contributed by atoms with E-state index in [0.29, 0.717) is 6.04 Å². The van der Waals surface area contributed by atoms with Gasteiger partial charge in [-0.15, -0.1) is 11.8 Å². The molecule has 1 aromatic carbocycles. The van der Waals surface area contributed by atoms with Gasteiger partial charge in [0.25, 0.3) is 0 Å². The van der Waals surface area contributed by atoms with Crippen LogP contribution in [0, 0.1) is 0 Å². The number of hydrogen-bond acceptors (Lipinski definition) is 2. The minimum Gasteiger partial charge on any atom is -0.313 e. The molecule has 0 bridgehead atoms. The van der Waals surface area contributed by atoms with Crippen LogP contribution >= 0.6 is 27.7 Å². The molecular weight excluding hydrogens is 246 g/mol. The van der Waals surface area contributed by atoms with Crippen molar-refractivity contribution in [2.45, 2.75) is 17.9 Å². The van der Waals surface area contributed by atoms with E-state index in [2.05, 4.69) is 52.6 Å². The molecule has 1 aromatic rings. The summed E-state index contributed by atoms with van der Waals surface area (Å²) in [5, 5.41) is 3.25. The summed E-state index contributed by atoms with van der Waals surface area (Å²) in [6.07, 6.45) is 2.10. The zero-order valence-electron chi connectivity index (χ0n) is 8.10. The van der Waals surface area contributed by atoms with E-state index in [1.165, 1.54) is 10.5 Å². The Balaban J connectivity index is 3.05. The van der Waals surface area contributed by atoms with Crippen LogP contribution in [0.4, 0.5) is 0 Å². The van der Waals surface area contributed by atoms with Crippen molar-refractivity contribution in [2.24, 2.45) is 0 Å². The molecule has 0 aromatic heterocycles. The summed E-state index contributed by atoms with van der Waals surface area (Å²) in [6, 6.07) is 6.82. The molecular formula is C10H14BrNS. The van der Waals surface area contributed by atoms with Gasteiger partial charge in [0.05, 0.1) is 0 Å². The Morgan fingerprint density at radius 3 is 2.69 bits per heavy atom. The van der Waals surface area contributed by atoms with Gasteiger partial charge in [0.15, 0.2) is 0 Å². The molecule has 0 aliphatic heterocycles. The first-order chi connectivity index (χ1) is 6.19. The van der Waals surface area contributed by atoms with E-state index in [1.807, 2.05) is 7.05 Å². The zero-order valence-corrected chi connectivity index (χ0v) is 10.5. The third-order valence-electron chi connectivity index (χ3n) is 2.10. The van der Waals surface area contributed by atoms with Crippen LogP contribution in [-0.2, 0) is 0 Å². The Hall–Kier alpha value is 0.01000. The summed E-state index contributed by atoms with van der Waals surface area (Å²) < 4.78 is 1.14. The van der Waals surface area contributed by atoms with Gasteiger partial charge < -0.3 is 5.32 Å². The van der Waals surface area contributed by atoms with Crippen molar-refractivity contribution in [3.63, 3.8) is 0 Å². The van der Waals surface area contributed by atoms with Gasteiger partial charge in [0.1, 0.15) is 0 Å². The third kappa shape index (κ3) is 2.73. The minimum atomic E-state index is 0.413. The van der Waals surface area contributed by atoms with Crippen LogP contribution in [0.5, 0.6) is 0 Å². The molecule has 1 nitrogen and oxygen atoms in total. The molecule has 0 aliphatic carbocycles. The topological polar surface area (TPSA) is 12.0 Å². The van der Waals surface area contributed by atoms with E-state index in [4.69, 9.17) is 0 Å². The molecule has 0 saturated carbocycles. The molecule has 1 rings (SSSR count). The number of benzene rings is 1. The first-order valence-electron chi connectivity index (χ1n) is 4.19. The summed E-state index contributed by atoms with van der Waals surface area (Å²) in [5.41, 5.74) is 1.36. The fraction of sp³-hybridized carbons (Fsp3) is 0.400. The number of halogens is 1. The van der Waals surface area contributed by atoms with Gasteiger partial charge in [-0.2, -0.15) is 0 Å². The maximum Gasteiger partial charge on any atom is 0.0300 e. The maximum atomic E-state index is 3.47. The second-order valence-electron chi connectivity index (χ2n) is 2.90. The molecule has 1 atom stereocenters. The van der Waals surface area contributed by atoms with Crippen LogP contribution in [-0.4, -0.2) is 13.3 Å². The summed E-state index contributed by atoms with van der Waals surface area (Å²) in [4.78, 5) is 1.33. The van der Waals surface area contributed by atoms with Crippen molar-refractivity contribution in [1.82, 2.24) is 5.32 Å². The van der Waals surface area contributed by atoms with E-state index < -0.39 is 0 Å². The van der Waals surface area contributed by atoms with Crippen LogP contribution in [0.2, 0.25) is 0 Å². The molecule has 3 heteroatoms. The Morgan fingerprint density at radius 2 is 2.15 bits per heavy atom. The summed E-state index contributed by atoms with van der Waals surface area (Å²) in [5.74, 6) is 0. The van der Waals surface area contributed by atoms with Crippen LogP contribution in [0.25, 0.3) is 0 Å². The lowest BCUT2D eigenvalue weighted by molar-refractivity contribution is 0.641. The van der Waals surface area contributed by atoms with Crippen molar-refractivity contribution >= 4 is 27.7 Å². The minimum absolute atomic E-state index is 0.413. The molecule has 0 radical (unpaired) electrons. The van der Waals surface area contributed by atoms with E-state index in [9.17, 15) is 0 Å². The highest BCUT2D eigenvalue weighted by Crippen LogP contribution is 2.28. The molecule has 0 heterocycles. The molecule has 0 saturated heterocycles. The second kappa shape index (κ2) is 5.03. The Kier molecular flexibility index (Phi) is 4.29. The predicted octanol–water partition coefficient (Wildman–Crippen LogP) is 3.45. The molecule has 13 heavy (non-hydrogen) atoms. The first kappa shape index (κ1) is 11.1. The van der Waals surface area contributed by atoms with Crippen molar-refractivity contribution in [2.75, 3.05) is 13.3 Å². The molecule has 1 unspecified atom stereocenters. The van der Waals surface area contributed by atoms with E-state index >= 15 is 0 Å². The number of nitrogens with one attached hydrogen (secondary N) is 1. The van der Waals surface area contributed by atoms with E-state index in [1.54, 1.807) is 11.8 Å². The summed E-state index contributed by atoms with van der Waals surface area (Å²) >= 11 is 5.26. The standard InChI is InChI=1S/C10H14BrNS/c1-7(12-2)9-5-4-8(11)6-10(9)13-3/h4-7,12H,1-3H3. The maximum absolute atomic E-state index is 3.47. The quantitative estimate of drug-likeness (QED) is 0.835. The monoisotopic (exact) mass is 259 g/mol. The molecule has 72 valence electrons. The van der Waals surface area contributed by atoms with Crippen LogP contribution in [0.1, 0.15) is 18.5 Å². The molecule has 0 fully saturated rings. The molecule has 1 N–H and O–H groups in total. The molecule has 0 aliphatic rings. The van der Waals surface area contributed by atoms with Crippen molar-refractivity contribution in [3.05, 3.63) is 28.2 Å². The SMILES string of the molecule is CNC(C)c1ccc(Br)cc1SC. The van der Waals surface area contributed by atoms with Crippen LogP contribution < -0.4 is 5.32 Å². The smallest absolute Gasteiger partial charge is 0.0300 e. The number of thioether (sulfide) groups is 1. The molecule has 0 amide bonds. The highest BCUT2D eigenvalue weighted by molar-refractivity contribution is 9.10. The van der Waals surface area contributed by atoms with E-state index in [0.717, 1.165) is 4.47 Å². The van der Waals surface area contributed by atoms with Crippen molar-refractivity contribution in [3.8, 4) is 0 Å². The zero-order chi connectivity index (χ0) is 9.84. The van der Waals surface area contributed by atoms with Crippen molar-refractivity contribution < 1.29 is 0 Å². The van der Waals surface area contributed by atoms with Gasteiger partial charge in [-0.1, -0.05) is 22.0 Å². The summed E-state index contributed by atoms with van der Waals surface area (Å²) in [6.45, 7) is 2.17. The Morgan fingerprint density at radius 1 is 1.46 bits per heavy atom. The fourth-order valence-electron chi connectivity index (χ4n) is 1.20. The highest BCUT2D eigenvalue weighted by atomic mass is 79.9. The predicted molar refractivity (Wildman–Crippen MR) is 63.4 cm³/mol. The average molecular weight is 260 g/mol. The summed E-state index contributed by atoms with van der Waals surface area (Å²) in [7, 11) is 1.98. The van der Waals surface area contributed by atoms with Gasteiger partial charge in [-0.05, 0) is 37.9 Å². The normalized spacial score (nSPS) is 12.9. The highest BCUT2D eigenvalue weighted by Gasteiger charge is 2.07.